The van der Waals surface area contributed by atoms with Gasteiger partial charge in [0.15, 0.2) is 59.0 Å². The number of esters is 2. The molecule has 7 heterocycles. The largest absolute Gasteiger partial charge is 0.472 e. The summed E-state index contributed by atoms with van der Waals surface area (Å²) in [5.41, 5.74) is 0.778. The highest BCUT2D eigenvalue weighted by Gasteiger charge is 2.54. The average molecular weight is 2000 g/mol. The summed E-state index contributed by atoms with van der Waals surface area (Å²) in [6, 6.07) is 6.71. The average Bonchev–Trinajstić information content (AvgIpc) is 1.60. The number of amides is 5. The normalized spacial score (nSPS) is 21.2. The van der Waals surface area contributed by atoms with Crippen molar-refractivity contribution in [2.75, 3.05) is 72.1 Å². The molecule has 1 aromatic carbocycles. The van der Waals surface area contributed by atoms with Crippen LogP contribution in [0.2, 0.25) is 0 Å². The molecule has 2 bridgehead atoms. The summed E-state index contributed by atoms with van der Waals surface area (Å²) in [4.78, 5) is 154. The quantitative estimate of drug-likeness (QED) is 0.00574. The Morgan fingerprint density at radius 1 is 0.689 bits per heavy atom. The number of nitrogens with zero attached hydrogens (tertiary/aromatic N) is 7. The van der Waals surface area contributed by atoms with Crippen molar-refractivity contribution in [1.82, 2.24) is 54.9 Å². The van der Waals surface area contributed by atoms with Crippen molar-refractivity contribution >= 4 is 121 Å². The van der Waals surface area contributed by atoms with Gasteiger partial charge < -0.3 is 78.2 Å². The van der Waals surface area contributed by atoms with Gasteiger partial charge >= 0.3 is 45.5 Å². The highest BCUT2D eigenvalue weighted by Crippen LogP contribution is 2.59. The highest BCUT2D eigenvalue weighted by atomic mass is 32.7. The number of aliphatic hydroxyl groups is 1. The number of aromatic nitrogens is 7. The number of Topliss-reactive ketones (excluding diaryl/α,β-unsaturated/α-hetero) is 1. The maximum atomic E-state index is 16.5. The molecule has 14 atom stereocenters. The van der Waals surface area contributed by atoms with Gasteiger partial charge in [0, 0.05) is 64.9 Å². The van der Waals surface area contributed by atoms with Crippen molar-refractivity contribution < 1.29 is 127 Å². The van der Waals surface area contributed by atoms with Gasteiger partial charge in [-0.15, -0.1) is 0 Å². The topological polar surface area (TPSA) is 488 Å². The first-order valence-corrected chi connectivity index (χ1v) is 54.4. The number of hydrogen-bond acceptors (Lipinski definition) is 29. The summed E-state index contributed by atoms with van der Waals surface area (Å²) < 4.78 is 126. The Morgan fingerprint density at radius 2 is 1.26 bits per heavy atom. The van der Waals surface area contributed by atoms with Gasteiger partial charge in [-0.1, -0.05) is 256 Å². The molecule has 760 valence electrons. The third-order valence-corrected chi connectivity index (χ3v) is 27.3. The number of unbranched alkanes of at least 4 members (excludes halogenated alkanes) is 28. The minimum atomic E-state index is -4.66. The lowest BCUT2D eigenvalue weighted by molar-refractivity contribution is -0.161. The number of carbonyl (C=O) groups is 8. The standard InChI is InChI=1S/C56H106N3O12P.C34H37F2N9O14P2S2/c1-7-9-11-13-15-17-19-21-23-25-27-29-31-33-35-40-53(63)68-45-49(71-54(64)41-36-34-32-30-28-26-24-22-20-18-16-14-12-10-8-2)46-70-72(66,67)69-43-42-58-51(61)38-37-39-52(62)59-55(47(3)4)50(60)44-48(5)56(65)57-6;1-16-3-5-17(6-4-16)10-53-34(49)43(2)7-8-52-33(48)42-27-23-29(39-13-37-27)45(15-41-23)31-22(36)25-20(57-31)12-55-61(51,63)59-26-24(46)19(11-54-60(50,62)58-25)56-32(26)44-9-18(35)21-28(44)38-14-40-30(21)47/h47-49,55H,7-46H2,1-6H3,(H,57,65)(H,58,61)(H,59,62)(H,66,67);3-6,9,13-15,19-20,22,24-26,31-32,46H,7-8,10-12H2,1-2H3,(H,50,62)(H,51,63)(H,38,40,47)(H,37,39,42,48)/t48-,49-,55+;19?,20-,22-,24-,25-,26-,31?,32-,60?,61?/m11/s1. The van der Waals surface area contributed by atoms with Crippen molar-refractivity contribution in [3.63, 3.8) is 0 Å². The van der Waals surface area contributed by atoms with E-state index in [4.69, 9.17) is 67.4 Å². The molecular weight excluding hydrogens is 1860 g/mol. The van der Waals surface area contributed by atoms with E-state index < -0.39 is 161 Å². The molecule has 0 saturated carbocycles. The third-order valence-electron chi connectivity index (χ3n) is 23.2. The summed E-state index contributed by atoms with van der Waals surface area (Å²) in [6.07, 6.45) is 24.9. The number of aliphatic hydroxyl groups excluding tert-OH is 1. The van der Waals surface area contributed by atoms with Crippen LogP contribution in [0, 0.1) is 24.6 Å². The van der Waals surface area contributed by atoms with Crippen LogP contribution in [0.15, 0.2) is 54.2 Å². The number of carbonyl (C=O) groups excluding carboxylic acids is 8. The zero-order chi connectivity index (χ0) is 98.3. The number of phosphoric acid groups is 1. The van der Waals surface area contributed by atoms with Crippen molar-refractivity contribution in [3.8, 4) is 0 Å². The molecule has 135 heavy (non-hydrogen) atoms. The van der Waals surface area contributed by atoms with Gasteiger partial charge in [0.25, 0.3) is 5.56 Å². The van der Waals surface area contributed by atoms with Crippen LogP contribution in [-0.2, 0) is 112 Å². The lowest BCUT2D eigenvalue weighted by Gasteiger charge is -2.27. The number of ketones is 1. The van der Waals surface area contributed by atoms with Crippen LogP contribution in [-0.4, -0.2) is 217 Å². The maximum Gasteiger partial charge on any atom is 0.472 e. The van der Waals surface area contributed by atoms with E-state index in [0.29, 0.717) is 12.8 Å². The molecule has 5 unspecified atom stereocenters. The second kappa shape index (κ2) is 61.3. The van der Waals surface area contributed by atoms with Crippen LogP contribution < -0.4 is 26.8 Å². The molecule has 8 rings (SSSR count). The molecule has 5 amide bonds. The Morgan fingerprint density at radius 3 is 1.85 bits per heavy atom. The fraction of sp³-hybridized carbons (Fsp3) is 0.722. The number of alkyl halides is 1. The first-order chi connectivity index (χ1) is 64.6. The summed E-state index contributed by atoms with van der Waals surface area (Å²) in [7, 11) is -1.69. The Kier molecular flexibility index (Phi) is 52.0. The number of imidazole rings is 1. The third kappa shape index (κ3) is 41.5. The number of likely N-dealkylation sites (N-methyl/N-ethyl adjacent to an activating group) is 1. The second-order valence-corrected chi connectivity index (χ2v) is 41.9. The molecule has 0 radical (unpaired) electrons. The molecule has 8 N–H and O–H groups in total. The lowest BCUT2D eigenvalue weighted by Crippen LogP contribution is -2.45. The maximum absolute atomic E-state index is 16.5. The minimum absolute atomic E-state index is 0.00879. The van der Waals surface area contributed by atoms with Crippen molar-refractivity contribution in [2.24, 2.45) is 11.8 Å². The second-order valence-electron chi connectivity index (χ2n) is 34.8. The van der Waals surface area contributed by atoms with E-state index in [1.54, 1.807) is 20.8 Å². The molecule has 0 aliphatic carbocycles. The van der Waals surface area contributed by atoms with Crippen molar-refractivity contribution in [1.29, 1.82) is 0 Å². The highest BCUT2D eigenvalue weighted by molar-refractivity contribution is 8.44. The van der Waals surface area contributed by atoms with Crippen LogP contribution in [0.5, 0.6) is 0 Å². The summed E-state index contributed by atoms with van der Waals surface area (Å²) in [6.45, 7) is -0.332. The van der Waals surface area contributed by atoms with Crippen LogP contribution in [0.25, 0.3) is 22.2 Å². The predicted molar refractivity (Wildman–Crippen MR) is 506 cm³/mol. The van der Waals surface area contributed by atoms with Gasteiger partial charge in [-0.05, 0) is 49.5 Å². The minimum Gasteiger partial charge on any atom is -0.462 e. The van der Waals surface area contributed by atoms with Gasteiger partial charge in [-0.25, -0.2) is 47.4 Å². The van der Waals surface area contributed by atoms with E-state index >= 15 is 4.39 Å². The number of hydrogen-bond donors (Lipinski definition) is 9. The summed E-state index contributed by atoms with van der Waals surface area (Å²) in [5.74, 6) is -4.11. The fourth-order valence-corrected chi connectivity index (χ4v) is 19.1. The van der Waals surface area contributed by atoms with Crippen LogP contribution >= 0.6 is 33.6 Å². The van der Waals surface area contributed by atoms with Gasteiger partial charge in [-0.2, -0.15) is 0 Å². The number of phosphoric ester groups is 1. The monoisotopic (exact) mass is 2000 g/mol. The number of benzene rings is 1. The van der Waals surface area contributed by atoms with Crippen LogP contribution in [0.3, 0.4) is 0 Å². The van der Waals surface area contributed by atoms with E-state index in [-0.39, 0.29) is 118 Å². The van der Waals surface area contributed by atoms with Crippen LogP contribution in [0.1, 0.15) is 289 Å². The fourth-order valence-electron chi connectivity index (χ4n) is 15.5. The van der Waals surface area contributed by atoms with Crippen LogP contribution in [0.4, 0.5) is 24.2 Å². The molecular formula is C90H143F2N12O26P3S2. The van der Waals surface area contributed by atoms with Gasteiger partial charge in [0.2, 0.25) is 17.7 Å². The number of fused-ring (bicyclic) bond motifs is 5. The molecule has 45 heteroatoms. The molecule has 3 aliphatic rings. The number of aryl methyl sites for hydroxylation is 1. The number of ether oxygens (including phenoxy) is 6. The number of halogens is 2. The van der Waals surface area contributed by atoms with E-state index in [1.807, 2.05) is 31.2 Å². The molecule has 0 spiro atoms. The molecule has 5 aromatic rings. The van der Waals surface area contributed by atoms with E-state index in [2.05, 4.69) is 72.3 Å². The number of rotatable bonds is 60. The number of nitrogens with one attached hydrogen (secondary N) is 5. The predicted octanol–water partition coefficient (Wildman–Crippen LogP) is 16.3. The zero-order valence-electron chi connectivity index (χ0n) is 79.2. The van der Waals surface area contributed by atoms with Crippen molar-refractivity contribution in [3.05, 3.63) is 76.7 Å². The Hall–Kier alpha value is -7.37. The Balaban J connectivity index is 0.000000370. The van der Waals surface area contributed by atoms with E-state index in [0.717, 1.165) is 84.0 Å². The summed E-state index contributed by atoms with van der Waals surface area (Å²) >= 11 is 9.26. The van der Waals surface area contributed by atoms with Gasteiger partial charge in [0.1, 0.15) is 62.1 Å². The Bertz CT molecular complexity index is 4680. The Labute approximate surface area is 799 Å². The number of H-pyrrole nitrogens is 1. The first-order valence-electron chi connectivity index (χ1n) is 47.6. The molecule has 3 saturated heterocycles. The molecule has 3 aliphatic heterocycles. The first kappa shape index (κ1) is 115. The SMILES string of the molecule is CCCCCCCCCCCCCCCCCC(=O)OC[C@H](COP(=O)(O)OCCNC(=O)CCCC(=O)N[C@H](C(=O)C[C@@H](C)C(=O)NC)C(C)C)OC(=O)CCCCCCCCCCCCCCCCC.Cc1ccc(COC(=O)N(C)CCOC(=O)Nc2ncnc3c2ncn3C2O[C@@H]3COP(O)(=S)O[C@@H]4[C@H](O)C(COP(=O)(S)O[C@H]3[C@H]2F)O[C@H]4n2cc(F)c3c(=O)[nH]cnc32)cc1. The van der Waals surface area contributed by atoms with Gasteiger partial charge in [-0.3, -0.25) is 66.1 Å². The zero-order valence-corrected chi connectivity index (χ0v) is 83.6. The van der Waals surface area contributed by atoms with E-state index in [9.17, 15) is 71.6 Å². The lowest BCUT2D eigenvalue weighted by atomic mass is 9.92. The number of thiol groups is 1. The molecule has 3 fully saturated rings. The number of anilines is 1. The smallest absolute Gasteiger partial charge is 0.462 e. The van der Waals surface area contributed by atoms with Crippen molar-refractivity contribution in [2.45, 2.75) is 341 Å². The van der Waals surface area contributed by atoms with Gasteiger partial charge in [0.05, 0.1) is 51.7 Å². The summed E-state index contributed by atoms with van der Waals surface area (Å²) in [5, 5.41) is 21.0. The number of aromatic amines is 1. The molecule has 4 aromatic heterocycles. The molecule has 38 nitrogen and oxygen atoms in total. The van der Waals surface area contributed by atoms with E-state index in [1.165, 1.54) is 160 Å².